The second kappa shape index (κ2) is 6.80. The minimum atomic E-state index is -0.415. The Morgan fingerprint density at radius 1 is 1.39 bits per heavy atom. The highest BCUT2D eigenvalue weighted by molar-refractivity contribution is 5.92. The number of rotatable bonds is 4. The van der Waals surface area contributed by atoms with Crippen LogP contribution in [0.25, 0.3) is 0 Å². The van der Waals surface area contributed by atoms with Crippen LogP contribution in [0.1, 0.15) is 43.6 Å². The molecule has 0 aromatic carbocycles. The lowest BCUT2D eigenvalue weighted by atomic mass is 10.0. The quantitative estimate of drug-likeness (QED) is 0.902. The number of ether oxygens (including phenoxy) is 2. The fraction of sp³-hybridized carbons (Fsp3) is 0.688. The number of carbonyl (C=O) groups is 1. The van der Waals surface area contributed by atoms with Crippen LogP contribution in [0.4, 0.5) is 5.95 Å². The summed E-state index contributed by atoms with van der Waals surface area (Å²) in [5.74, 6) is 0.0239. The molecule has 1 unspecified atom stereocenters. The van der Waals surface area contributed by atoms with Crippen molar-refractivity contribution in [1.29, 1.82) is 0 Å². The number of nitrogens with zero attached hydrogens (tertiary/aromatic N) is 3. The van der Waals surface area contributed by atoms with Crippen LogP contribution in [0, 0.1) is 0 Å². The summed E-state index contributed by atoms with van der Waals surface area (Å²) >= 11 is 0. The molecule has 0 bridgehead atoms. The van der Waals surface area contributed by atoms with Gasteiger partial charge in [0.1, 0.15) is 5.69 Å². The van der Waals surface area contributed by atoms with E-state index in [1.54, 1.807) is 12.3 Å². The summed E-state index contributed by atoms with van der Waals surface area (Å²) in [4.78, 5) is 23.0. The molecule has 2 aliphatic heterocycles. The van der Waals surface area contributed by atoms with Gasteiger partial charge in [-0.1, -0.05) is 6.92 Å². The third-order valence-electron chi connectivity index (χ3n) is 4.49. The first kappa shape index (κ1) is 16.1. The Bertz CT molecular complexity index is 550. The molecular formula is C16H24N4O3. The Morgan fingerprint density at radius 3 is 2.74 bits per heavy atom. The maximum Gasteiger partial charge on any atom is 0.270 e. The predicted octanol–water partition coefficient (Wildman–Crippen LogP) is 1.35. The monoisotopic (exact) mass is 320 g/mol. The zero-order chi connectivity index (χ0) is 16.3. The summed E-state index contributed by atoms with van der Waals surface area (Å²) in [5.41, 5.74) is 0.406. The Kier molecular flexibility index (Phi) is 4.77. The fourth-order valence-corrected chi connectivity index (χ4v) is 2.86. The Morgan fingerprint density at radius 2 is 2.09 bits per heavy atom. The number of carbonyl (C=O) groups excluding carboxylic acids is 1. The van der Waals surface area contributed by atoms with Crippen LogP contribution < -0.4 is 10.2 Å². The fourth-order valence-electron chi connectivity index (χ4n) is 2.86. The molecule has 1 amide bonds. The molecular weight excluding hydrogens is 296 g/mol. The van der Waals surface area contributed by atoms with Gasteiger partial charge in [-0.25, -0.2) is 9.97 Å². The van der Waals surface area contributed by atoms with Gasteiger partial charge < -0.3 is 19.7 Å². The minimum Gasteiger partial charge on any atom is -0.348 e. The van der Waals surface area contributed by atoms with Gasteiger partial charge in [0.05, 0.1) is 13.2 Å². The van der Waals surface area contributed by atoms with Crippen molar-refractivity contribution in [3.63, 3.8) is 0 Å². The number of hydrogen-bond acceptors (Lipinski definition) is 6. The summed E-state index contributed by atoms with van der Waals surface area (Å²) in [5, 5.41) is 2.93. The number of piperidine rings is 1. The van der Waals surface area contributed by atoms with Crippen molar-refractivity contribution in [2.75, 3.05) is 31.2 Å². The maximum absolute atomic E-state index is 12.2. The molecule has 2 fully saturated rings. The van der Waals surface area contributed by atoms with E-state index in [9.17, 15) is 4.79 Å². The van der Waals surface area contributed by atoms with Crippen molar-refractivity contribution in [3.05, 3.63) is 18.0 Å². The van der Waals surface area contributed by atoms with Crippen molar-refractivity contribution in [3.8, 4) is 0 Å². The van der Waals surface area contributed by atoms with Crippen molar-refractivity contribution in [1.82, 2.24) is 15.3 Å². The molecule has 1 N–H and O–H groups in total. The summed E-state index contributed by atoms with van der Waals surface area (Å²) in [6, 6.07) is 1.78. The van der Waals surface area contributed by atoms with Crippen LogP contribution in [0.3, 0.4) is 0 Å². The molecule has 1 spiro atoms. The van der Waals surface area contributed by atoms with E-state index < -0.39 is 5.79 Å². The van der Waals surface area contributed by atoms with Crippen LogP contribution in [-0.2, 0) is 9.47 Å². The Balaban J connectivity index is 1.65. The van der Waals surface area contributed by atoms with E-state index >= 15 is 0 Å². The SMILES string of the molecule is CCC(C)NC(=O)c1ccnc(N2CCC3(CC2)OCCO3)n1. The van der Waals surface area contributed by atoms with Crippen molar-refractivity contribution in [2.24, 2.45) is 0 Å². The molecule has 7 heteroatoms. The molecule has 2 aliphatic rings. The topological polar surface area (TPSA) is 76.6 Å². The molecule has 0 saturated carbocycles. The molecule has 1 aromatic heterocycles. The van der Waals surface area contributed by atoms with Crippen LogP contribution in [0.2, 0.25) is 0 Å². The highest BCUT2D eigenvalue weighted by Gasteiger charge is 2.40. The highest BCUT2D eigenvalue weighted by Crippen LogP contribution is 2.32. The average Bonchev–Trinajstić information content (AvgIpc) is 3.03. The van der Waals surface area contributed by atoms with Gasteiger partial charge in [-0.2, -0.15) is 0 Å². The van der Waals surface area contributed by atoms with Crippen molar-refractivity contribution in [2.45, 2.75) is 44.9 Å². The lowest BCUT2D eigenvalue weighted by Crippen LogP contribution is -2.45. The standard InChI is InChI=1S/C16H24N4O3/c1-3-12(2)18-14(21)13-4-7-17-15(19-13)20-8-5-16(6-9-20)22-10-11-23-16/h4,7,12H,3,5-6,8-11H2,1-2H3,(H,18,21). The van der Waals surface area contributed by atoms with E-state index in [4.69, 9.17) is 9.47 Å². The van der Waals surface area contributed by atoms with E-state index in [0.29, 0.717) is 24.9 Å². The minimum absolute atomic E-state index is 0.132. The molecule has 3 heterocycles. The highest BCUT2D eigenvalue weighted by atomic mass is 16.7. The summed E-state index contributed by atoms with van der Waals surface area (Å²) < 4.78 is 11.5. The number of anilines is 1. The van der Waals surface area contributed by atoms with Crippen molar-refractivity contribution < 1.29 is 14.3 Å². The van der Waals surface area contributed by atoms with Crippen LogP contribution in [0.15, 0.2) is 12.3 Å². The molecule has 0 aliphatic carbocycles. The first-order chi connectivity index (χ1) is 11.1. The summed E-state index contributed by atoms with van der Waals surface area (Å²) in [7, 11) is 0. The average molecular weight is 320 g/mol. The van der Waals surface area contributed by atoms with Gasteiger partial charge >= 0.3 is 0 Å². The van der Waals surface area contributed by atoms with E-state index in [0.717, 1.165) is 32.4 Å². The first-order valence-electron chi connectivity index (χ1n) is 8.29. The largest absolute Gasteiger partial charge is 0.348 e. The Labute approximate surface area is 136 Å². The first-order valence-corrected chi connectivity index (χ1v) is 8.29. The van der Waals surface area contributed by atoms with Gasteiger partial charge in [-0.15, -0.1) is 0 Å². The van der Waals surface area contributed by atoms with Crippen molar-refractivity contribution >= 4 is 11.9 Å². The second-order valence-corrected chi connectivity index (χ2v) is 6.12. The Hall–Kier alpha value is -1.73. The van der Waals surface area contributed by atoms with E-state index in [1.165, 1.54) is 0 Å². The number of amides is 1. The molecule has 1 aromatic rings. The second-order valence-electron chi connectivity index (χ2n) is 6.12. The lowest BCUT2D eigenvalue weighted by molar-refractivity contribution is -0.169. The normalized spacial score (nSPS) is 21.4. The molecule has 1 atom stereocenters. The van der Waals surface area contributed by atoms with Gasteiger partial charge in [0, 0.05) is 38.2 Å². The molecule has 23 heavy (non-hydrogen) atoms. The maximum atomic E-state index is 12.2. The van der Waals surface area contributed by atoms with Gasteiger partial charge in [0.15, 0.2) is 5.79 Å². The van der Waals surface area contributed by atoms with E-state index in [-0.39, 0.29) is 11.9 Å². The third-order valence-corrected chi connectivity index (χ3v) is 4.49. The predicted molar refractivity (Wildman–Crippen MR) is 85.3 cm³/mol. The number of nitrogens with one attached hydrogen (secondary N) is 1. The molecule has 126 valence electrons. The van der Waals surface area contributed by atoms with E-state index in [1.807, 2.05) is 13.8 Å². The molecule has 0 radical (unpaired) electrons. The third kappa shape index (κ3) is 3.61. The van der Waals surface area contributed by atoms with Crippen LogP contribution in [0.5, 0.6) is 0 Å². The van der Waals surface area contributed by atoms with Gasteiger partial charge in [0.25, 0.3) is 5.91 Å². The summed E-state index contributed by atoms with van der Waals surface area (Å²) in [6.07, 6.45) is 4.11. The lowest BCUT2D eigenvalue weighted by Gasteiger charge is -2.37. The van der Waals surface area contributed by atoms with Crippen LogP contribution in [-0.4, -0.2) is 54.0 Å². The van der Waals surface area contributed by atoms with E-state index in [2.05, 4.69) is 20.2 Å². The number of aromatic nitrogens is 2. The zero-order valence-electron chi connectivity index (χ0n) is 13.7. The summed E-state index contributed by atoms with van der Waals surface area (Å²) in [6.45, 7) is 6.87. The smallest absolute Gasteiger partial charge is 0.270 e. The molecule has 2 saturated heterocycles. The molecule has 3 rings (SSSR count). The zero-order valence-corrected chi connectivity index (χ0v) is 13.7. The molecule has 7 nitrogen and oxygen atoms in total. The van der Waals surface area contributed by atoms with Gasteiger partial charge in [0.2, 0.25) is 5.95 Å². The van der Waals surface area contributed by atoms with Crippen LogP contribution >= 0.6 is 0 Å². The van der Waals surface area contributed by atoms with Gasteiger partial charge in [-0.05, 0) is 19.4 Å². The van der Waals surface area contributed by atoms with Gasteiger partial charge in [-0.3, -0.25) is 4.79 Å². The number of hydrogen-bond donors (Lipinski definition) is 1.